The van der Waals surface area contributed by atoms with Crippen molar-refractivity contribution in [1.29, 1.82) is 0 Å². The van der Waals surface area contributed by atoms with Crippen LogP contribution < -0.4 is 0 Å². The van der Waals surface area contributed by atoms with Crippen molar-refractivity contribution in [2.75, 3.05) is 20.8 Å². The molecule has 140 valence electrons. The molecule has 0 aliphatic carbocycles. The lowest BCUT2D eigenvalue weighted by molar-refractivity contribution is -0.151. The fourth-order valence-electron chi connectivity index (χ4n) is 3.07. The summed E-state index contributed by atoms with van der Waals surface area (Å²) in [6.45, 7) is 3.80. The Balaban J connectivity index is 2.59. The summed E-state index contributed by atoms with van der Waals surface area (Å²) in [5.41, 5.74) is 0.870. The van der Waals surface area contributed by atoms with Gasteiger partial charge in [-0.15, -0.1) is 0 Å². The van der Waals surface area contributed by atoms with E-state index in [2.05, 4.69) is 0 Å². The Bertz CT molecular complexity index is 703. The van der Waals surface area contributed by atoms with E-state index in [1.54, 1.807) is 4.90 Å². The number of ether oxygens (including phenoxy) is 2. The van der Waals surface area contributed by atoms with Gasteiger partial charge in [-0.1, -0.05) is 42.1 Å². The quantitative estimate of drug-likeness (QED) is 0.735. The van der Waals surface area contributed by atoms with Crippen molar-refractivity contribution >= 4 is 29.6 Å². The van der Waals surface area contributed by atoms with Gasteiger partial charge in [-0.2, -0.15) is 0 Å². The molecule has 1 heterocycles. The Morgan fingerprint density at radius 1 is 1.08 bits per heavy atom. The molecule has 0 bridgehead atoms. The maximum atomic E-state index is 12.5. The van der Waals surface area contributed by atoms with E-state index in [0.717, 1.165) is 5.56 Å². The molecule has 7 heteroatoms. The zero-order chi connectivity index (χ0) is 19.3. The number of carbonyl (C=O) groups is 3. The summed E-state index contributed by atoms with van der Waals surface area (Å²) >= 11 is 1.17. The smallest absolute Gasteiger partial charge is 0.320 e. The number of rotatable bonds is 5. The molecule has 1 aromatic carbocycles. The summed E-state index contributed by atoms with van der Waals surface area (Å²) in [5.74, 6) is -2.27. The van der Waals surface area contributed by atoms with Crippen LogP contribution in [0.15, 0.2) is 41.4 Å². The van der Waals surface area contributed by atoms with E-state index in [-0.39, 0.29) is 5.91 Å². The molecule has 1 aromatic rings. The third kappa shape index (κ3) is 4.09. The summed E-state index contributed by atoms with van der Waals surface area (Å²) in [6, 6.07) is 9.40. The molecule has 1 aliphatic heterocycles. The van der Waals surface area contributed by atoms with E-state index in [1.807, 2.05) is 43.3 Å². The number of allylic oxidation sites excluding steroid dienone is 1. The Morgan fingerprint density at radius 3 is 2.19 bits per heavy atom. The van der Waals surface area contributed by atoms with E-state index in [9.17, 15) is 14.4 Å². The van der Waals surface area contributed by atoms with Gasteiger partial charge in [0.25, 0.3) is 0 Å². The molecular weight excluding hydrogens is 354 g/mol. The molecule has 3 atom stereocenters. The average molecular weight is 377 g/mol. The van der Waals surface area contributed by atoms with E-state index in [4.69, 9.17) is 9.47 Å². The molecule has 0 spiro atoms. The standard InChI is InChI=1S/C19H23NO5S/c1-5-20(12(2)21)15-11-14(13-9-7-6-8-10-13)16(18(22)24-3)17(26-15)19(23)25-4/h6-11,14,16-17H,5H2,1-4H3/t14-,16+,17+/m0/s1. The van der Waals surface area contributed by atoms with Gasteiger partial charge < -0.3 is 14.4 Å². The minimum Gasteiger partial charge on any atom is -0.469 e. The highest BCUT2D eigenvalue weighted by molar-refractivity contribution is 8.04. The molecule has 26 heavy (non-hydrogen) atoms. The second-order valence-corrected chi connectivity index (χ2v) is 6.98. The third-order valence-corrected chi connectivity index (χ3v) is 5.67. The number of amides is 1. The van der Waals surface area contributed by atoms with Gasteiger partial charge in [-0.25, -0.2) is 0 Å². The van der Waals surface area contributed by atoms with Crippen molar-refractivity contribution in [1.82, 2.24) is 4.90 Å². The zero-order valence-corrected chi connectivity index (χ0v) is 16.1. The lowest BCUT2D eigenvalue weighted by Gasteiger charge is -2.36. The molecular formula is C19H23NO5S. The first-order valence-electron chi connectivity index (χ1n) is 8.31. The normalized spacial score (nSPS) is 22.2. The Labute approximate surface area is 157 Å². The number of methoxy groups -OCH3 is 2. The van der Waals surface area contributed by atoms with Crippen LogP contribution in [-0.4, -0.2) is 48.8 Å². The van der Waals surface area contributed by atoms with Crippen LogP contribution >= 0.6 is 11.8 Å². The second kappa shape index (κ2) is 8.89. The van der Waals surface area contributed by atoms with Gasteiger partial charge >= 0.3 is 11.9 Å². The summed E-state index contributed by atoms with van der Waals surface area (Å²) in [7, 11) is 2.59. The molecule has 6 nitrogen and oxygen atoms in total. The molecule has 0 aromatic heterocycles. The monoisotopic (exact) mass is 377 g/mol. The molecule has 2 rings (SSSR count). The first-order valence-corrected chi connectivity index (χ1v) is 9.19. The van der Waals surface area contributed by atoms with E-state index in [1.165, 1.54) is 32.9 Å². The van der Waals surface area contributed by atoms with Crippen LogP contribution in [0.3, 0.4) is 0 Å². The summed E-state index contributed by atoms with van der Waals surface area (Å²) in [4.78, 5) is 38.5. The van der Waals surface area contributed by atoms with Crippen LogP contribution in [0.2, 0.25) is 0 Å². The lowest BCUT2D eigenvalue weighted by Crippen LogP contribution is -2.42. The summed E-state index contributed by atoms with van der Waals surface area (Å²) in [6.07, 6.45) is 1.87. The van der Waals surface area contributed by atoms with Gasteiger partial charge in [0.2, 0.25) is 5.91 Å². The maximum absolute atomic E-state index is 12.5. The average Bonchev–Trinajstić information content (AvgIpc) is 2.67. The first-order chi connectivity index (χ1) is 12.4. The van der Waals surface area contributed by atoms with Crippen LogP contribution in [0.25, 0.3) is 0 Å². The molecule has 0 unspecified atom stereocenters. The molecule has 0 N–H and O–H groups in total. The second-order valence-electron chi connectivity index (χ2n) is 5.82. The number of hydrogen-bond acceptors (Lipinski definition) is 6. The van der Waals surface area contributed by atoms with Crippen LogP contribution in [0, 0.1) is 5.92 Å². The number of nitrogens with zero attached hydrogens (tertiary/aromatic N) is 1. The lowest BCUT2D eigenvalue weighted by atomic mass is 9.83. The van der Waals surface area contributed by atoms with Gasteiger partial charge in [-0.3, -0.25) is 14.4 Å². The fourth-order valence-corrected chi connectivity index (χ4v) is 4.56. The molecule has 0 saturated heterocycles. The van der Waals surface area contributed by atoms with Crippen molar-refractivity contribution in [3.8, 4) is 0 Å². The first kappa shape index (κ1) is 20.0. The molecule has 1 amide bonds. The third-order valence-electron chi connectivity index (χ3n) is 4.34. The Morgan fingerprint density at radius 2 is 1.69 bits per heavy atom. The predicted molar refractivity (Wildman–Crippen MR) is 99.2 cm³/mol. The number of benzene rings is 1. The van der Waals surface area contributed by atoms with Gasteiger partial charge in [0.05, 0.1) is 25.2 Å². The topological polar surface area (TPSA) is 72.9 Å². The van der Waals surface area contributed by atoms with Crippen molar-refractivity contribution in [3.05, 3.63) is 47.0 Å². The zero-order valence-electron chi connectivity index (χ0n) is 15.3. The molecule has 1 aliphatic rings. The van der Waals surface area contributed by atoms with Crippen molar-refractivity contribution in [2.24, 2.45) is 5.92 Å². The van der Waals surface area contributed by atoms with E-state index in [0.29, 0.717) is 11.6 Å². The number of carbonyl (C=O) groups excluding carboxylic acids is 3. The van der Waals surface area contributed by atoms with Gasteiger partial charge in [0, 0.05) is 19.4 Å². The molecule has 0 fully saturated rings. The highest BCUT2D eigenvalue weighted by Gasteiger charge is 2.46. The van der Waals surface area contributed by atoms with Gasteiger partial charge in [0.1, 0.15) is 5.25 Å². The number of esters is 2. The Kier molecular flexibility index (Phi) is 6.85. The van der Waals surface area contributed by atoms with Crippen LogP contribution in [0.5, 0.6) is 0 Å². The fraction of sp³-hybridized carbons (Fsp3) is 0.421. The van der Waals surface area contributed by atoms with Gasteiger partial charge in [-0.05, 0) is 18.6 Å². The SMILES string of the molecule is CCN(C(C)=O)C1=C[C@@H](c2ccccc2)[C@@H](C(=O)OC)[C@H](C(=O)OC)S1. The van der Waals surface area contributed by atoms with Crippen LogP contribution in [0.1, 0.15) is 25.3 Å². The van der Waals surface area contributed by atoms with Crippen molar-refractivity contribution in [2.45, 2.75) is 25.0 Å². The number of hydrogen-bond donors (Lipinski definition) is 0. The minimum absolute atomic E-state index is 0.127. The van der Waals surface area contributed by atoms with Gasteiger partial charge in [0.15, 0.2) is 0 Å². The highest BCUT2D eigenvalue weighted by atomic mass is 32.2. The van der Waals surface area contributed by atoms with E-state index < -0.39 is 29.0 Å². The van der Waals surface area contributed by atoms with Crippen molar-refractivity contribution in [3.63, 3.8) is 0 Å². The predicted octanol–water partition coefficient (Wildman–Crippen LogP) is 2.56. The number of thioether (sulfide) groups is 1. The maximum Gasteiger partial charge on any atom is 0.320 e. The molecule has 0 radical (unpaired) electrons. The largest absolute Gasteiger partial charge is 0.469 e. The van der Waals surface area contributed by atoms with Crippen molar-refractivity contribution < 1.29 is 23.9 Å². The van der Waals surface area contributed by atoms with E-state index >= 15 is 0 Å². The Hall–Kier alpha value is -2.28. The van der Waals surface area contributed by atoms with Crippen LogP contribution in [-0.2, 0) is 23.9 Å². The van der Waals surface area contributed by atoms with Crippen LogP contribution in [0.4, 0.5) is 0 Å². The molecule has 0 saturated carbocycles. The summed E-state index contributed by atoms with van der Waals surface area (Å²) in [5, 5.41) is -0.157. The summed E-state index contributed by atoms with van der Waals surface area (Å²) < 4.78 is 9.89. The minimum atomic E-state index is -0.800. The highest BCUT2D eigenvalue weighted by Crippen LogP contribution is 2.45.